The van der Waals surface area contributed by atoms with E-state index in [0.29, 0.717) is 13.0 Å². The summed E-state index contributed by atoms with van der Waals surface area (Å²) in [6, 6.07) is 0.537. The molecule has 0 unspecified atom stereocenters. The van der Waals surface area contributed by atoms with Gasteiger partial charge in [-0.3, -0.25) is 9.69 Å². The molecule has 8 nitrogen and oxygen atoms in total. The van der Waals surface area contributed by atoms with Crippen molar-refractivity contribution in [2.24, 2.45) is 5.41 Å². The Morgan fingerprint density at radius 1 is 1.16 bits per heavy atom. The summed E-state index contributed by atoms with van der Waals surface area (Å²) in [6.07, 6.45) is -2.39. The first-order valence-electron chi connectivity index (χ1n) is 12.7. The van der Waals surface area contributed by atoms with Crippen molar-refractivity contribution in [3.8, 4) is 0 Å². The molecule has 1 heterocycles. The molecular formula is C27H42F2N2O6. The lowest BCUT2D eigenvalue weighted by atomic mass is 9.93. The molecule has 2 rings (SSSR count). The summed E-state index contributed by atoms with van der Waals surface area (Å²) in [5, 5.41) is 14.1. The molecule has 1 aliphatic heterocycles. The number of aliphatic hydroxyl groups excluding tert-OH is 1. The molecule has 1 aromatic carbocycles. The Morgan fingerprint density at radius 2 is 1.76 bits per heavy atom. The van der Waals surface area contributed by atoms with Crippen LogP contribution in [-0.2, 0) is 25.4 Å². The van der Waals surface area contributed by atoms with Gasteiger partial charge in [0, 0.05) is 13.0 Å². The van der Waals surface area contributed by atoms with E-state index in [1.54, 1.807) is 20.8 Å². The summed E-state index contributed by atoms with van der Waals surface area (Å²) in [4.78, 5) is 26.8. The first-order chi connectivity index (χ1) is 17.0. The maximum absolute atomic E-state index is 13.8. The fourth-order valence-electron chi connectivity index (χ4n) is 4.26. The van der Waals surface area contributed by atoms with E-state index in [-0.39, 0.29) is 24.0 Å². The van der Waals surface area contributed by atoms with Gasteiger partial charge >= 0.3 is 6.09 Å². The smallest absolute Gasteiger partial charge is 0.411 e. The number of ether oxygens (including phenoxy) is 3. The lowest BCUT2D eigenvalue weighted by molar-refractivity contribution is -0.237. The number of hydrogen-bond acceptors (Lipinski definition) is 6. The Balaban J connectivity index is 2.41. The van der Waals surface area contributed by atoms with Gasteiger partial charge in [0.15, 0.2) is 6.29 Å². The molecule has 0 saturated carbocycles. The number of aliphatic hydroxyl groups is 1. The van der Waals surface area contributed by atoms with Gasteiger partial charge in [-0.25, -0.2) is 13.6 Å². The lowest BCUT2D eigenvalue weighted by Crippen LogP contribution is -2.66. The average Bonchev–Trinajstić information content (AvgIpc) is 2.73. The van der Waals surface area contributed by atoms with E-state index in [1.165, 1.54) is 11.8 Å². The van der Waals surface area contributed by atoms with Crippen LogP contribution in [0.4, 0.5) is 13.6 Å². The molecule has 2 N–H and O–H groups in total. The highest BCUT2D eigenvalue weighted by atomic mass is 19.1. The van der Waals surface area contributed by atoms with Crippen LogP contribution in [0.1, 0.15) is 67.4 Å². The summed E-state index contributed by atoms with van der Waals surface area (Å²) >= 11 is 0. The SMILES string of the molecule is CC[C@H]1[C@H](OCC(C)(C)C)OC[C@H]([C@@H](O)[C@H](Cc2cc(F)cc(F)c2)NC(C)=O)N1C(=O)OC(C)(C)C. The fourth-order valence-corrected chi connectivity index (χ4v) is 4.26. The highest BCUT2D eigenvalue weighted by Gasteiger charge is 2.47. The number of benzene rings is 1. The number of amides is 2. The molecule has 37 heavy (non-hydrogen) atoms. The second-order valence-corrected chi connectivity index (χ2v) is 11.8. The zero-order valence-corrected chi connectivity index (χ0v) is 23.1. The third kappa shape index (κ3) is 9.50. The standard InChI is InChI=1S/C27H42F2N2O6/c1-9-21-24(36-15-26(3,4)5)35-14-22(31(21)25(34)37-27(6,7)8)23(33)20(30-16(2)32)12-17-10-18(28)13-19(29)11-17/h10-11,13,20-24,33H,9,12,14-15H2,1-8H3,(H,30,32)/t20-,21-,22+,23-,24-/m0/s1. The van der Waals surface area contributed by atoms with Crippen molar-refractivity contribution in [3.05, 3.63) is 35.4 Å². The topological polar surface area (TPSA) is 97.3 Å². The first kappa shape index (κ1) is 30.9. The van der Waals surface area contributed by atoms with Crippen LogP contribution in [0.25, 0.3) is 0 Å². The van der Waals surface area contributed by atoms with Gasteiger partial charge in [-0.05, 0) is 56.7 Å². The van der Waals surface area contributed by atoms with Gasteiger partial charge < -0.3 is 24.6 Å². The van der Waals surface area contributed by atoms with Crippen LogP contribution in [0.3, 0.4) is 0 Å². The molecule has 1 aliphatic rings. The second-order valence-electron chi connectivity index (χ2n) is 11.8. The van der Waals surface area contributed by atoms with Crippen molar-refractivity contribution in [1.29, 1.82) is 0 Å². The minimum absolute atomic E-state index is 0.0746. The van der Waals surface area contributed by atoms with Crippen LogP contribution in [0.2, 0.25) is 0 Å². The maximum Gasteiger partial charge on any atom is 0.411 e. The predicted octanol–water partition coefficient (Wildman–Crippen LogP) is 4.18. The van der Waals surface area contributed by atoms with Crippen molar-refractivity contribution in [2.75, 3.05) is 13.2 Å². The number of carbonyl (C=O) groups excluding carboxylic acids is 2. The number of hydrogen-bond donors (Lipinski definition) is 2. The van der Waals surface area contributed by atoms with Crippen LogP contribution < -0.4 is 5.32 Å². The molecular weight excluding hydrogens is 486 g/mol. The van der Waals surface area contributed by atoms with Crippen molar-refractivity contribution in [1.82, 2.24) is 10.2 Å². The van der Waals surface area contributed by atoms with E-state index >= 15 is 0 Å². The molecule has 1 fully saturated rings. The molecule has 0 bridgehead atoms. The first-order valence-corrected chi connectivity index (χ1v) is 12.7. The molecule has 10 heteroatoms. The number of halogens is 2. The van der Waals surface area contributed by atoms with Crippen LogP contribution >= 0.6 is 0 Å². The van der Waals surface area contributed by atoms with Crippen molar-refractivity contribution in [3.63, 3.8) is 0 Å². The van der Waals surface area contributed by atoms with Gasteiger partial charge in [-0.15, -0.1) is 0 Å². The van der Waals surface area contributed by atoms with Crippen LogP contribution in [0.15, 0.2) is 18.2 Å². The van der Waals surface area contributed by atoms with Gasteiger partial charge in [-0.1, -0.05) is 27.7 Å². The van der Waals surface area contributed by atoms with Crippen LogP contribution in [0.5, 0.6) is 0 Å². The zero-order chi connectivity index (χ0) is 28.1. The number of rotatable bonds is 8. The molecule has 0 aromatic heterocycles. The van der Waals surface area contributed by atoms with E-state index in [4.69, 9.17) is 14.2 Å². The van der Waals surface area contributed by atoms with E-state index < -0.39 is 59.8 Å². The number of carbonyl (C=O) groups is 2. The largest absolute Gasteiger partial charge is 0.444 e. The lowest BCUT2D eigenvalue weighted by Gasteiger charge is -2.48. The third-order valence-electron chi connectivity index (χ3n) is 5.74. The van der Waals surface area contributed by atoms with Gasteiger partial charge in [0.05, 0.1) is 37.4 Å². The molecule has 210 valence electrons. The van der Waals surface area contributed by atoms with Crippen LogP contribution in [-0.4, -0.2) is 71.3 Å². The summed E-state index contributed by atoms with van der Waals surface area (Å²) in [7, 11) is 0. The Morgan fingerprint density at radius 3 is 2.24 bits per heavy atom. The highest BCUT2D eigenvalue weighted by molar-refractivity contribution is 5.73. The quantitative estimate of drug-likeness (QED) is 0.526. The van der Waals surface area contributed by atoms with Crippen molar-refractivity contribution in [2.45, 2.75) is 104 Å². The van der Waals surface area contributed by atoms with E-state index in [9.17, 15) is 23.5 Å². The Labute approximate surface area is 218 Å². The molecule has 0 radical (unpaired) electrons. The van der Waals surface area contributed by atoms with Gasteiger partial charge in [-0.2, -0.15) is 0 Å². The molecule has 0 aliphatic carbocycles. The molecule has 1 aromatic rings. The summed E-state index contributed by atoms with van der Waals surface area (Å²) in [5.41, 5.74) is -0.707. The second kappa shape index (κ2) is 12.5. The summed E-state index contributed by atoms with van der Waals surface area (Å²) in [5.74, 6) is -1.99. The van der Waals surface area contributed by atoms with Crippen molar-refractivity contribution >= 4 is 12.0 Å². The van der Waals surface area contributed by atoms with Gasteiger partial charge in [0.25, 0.3) is 0 Å². The molecule has 5 atom stereocenters. The Hall–Kier alpha value is -2.30. The van der Waals surface area contributed by atoms with Gasteiger partial charge in [0.1, 0.15) is 17.2 Å². The molecule has 1 saturated heterocycles. The van der Waals surface area contributed by atoms with E-state index in [1.807, 2.05) is 27.7 Å². The Kier molecular flexibility index (Phi) is 10.4. The summed E-state index contributed by atoms with van der Waals surface area (Å²) < 4.78 is 45.4. The Bertz CT molecular complexity index is 910. The third-order valence-corrected chi connectivity index (χ3v) is 5.74. The number of morpholine rings is 1. The zero-order valence-electron chi connectivity index (χ0n) is 23.1. The number of nitrogens with one attached hydrogen (secondary N) is 1. The predicted molar refractivity (Wildman–Crippen MR) is 135 cm³/mol. The highest BCUT2D eigenvalue weighted by Crippen LogP contribution is 2.30. The minimum atomic E-state index is -1.35. The minimum Gasteiger partial charge on any atom is -0.444 e. The van der Waals surface area contributed by atoms with E-state index in [0.717, 1.165) is 18.2 Å². The summed E-state index contributed by atoms with van der Waals surface area (Å²) in [6.45, 7) is 14.7. The monoisotopic (exact) mass is 528 g/mol. The normalized spacial score (nSPS) is 22.4. The van der Waals surface area contributed by atoms with Crippen LogP contribution in [0, 0.1) is 17.0 Å². The molecule has 2 amide bonds. The van der Waals surface area contributed by atoms with Crippen molar-refractivity contribution < 1.29 is 37.7 Å². The van der Waals surface area contributed by atoms with Gasteiger partial charge in [0.2, 0.25) is 5.91 Å². The number of nitrogens with zero attached hydrogens (tertiary/aromatic N) is 1. The fraction of sp³-hybridized carbons (Fsp3) is 0.704. The molecule has 0 spiro atoms. The van der Waals surface area contributed by atoms with E-state index in [2.05, 4.69) is 5.32 Å². The maximum atomic E-state index is 13.8. The average molecular weight is 529 g/mol.